The maximum Gasteiger partial charge on any atom is 0.0348 e. The van der Waals surface area contributed by atoms with Crippen LogP contribution in [0.15, 0.2) is 30.8 Å². The average Bonchev–Trinajstić information content (AvgIpc) is 2.42. The molecule has 1 heterocycles. The van der Waals surface area contributed by atoms with Gasteiger partial charge in [0.2, 0.25) is 0 Å². The van der Waals surface area contributed by atoms with E-state index in [-0.39, 0.29) is 0 Å². The van der Waals surface area contributed by atoms with Gasteiger partial charge < -0.3 is 0 Å². The molecule has 1 atom stereocenters. The molecule has 91 valence electrons. The molecule has 0 aliphatic carbocycles. The van der Waals surface area contributed by atoms with Gasteiger partial charge in [0.15, 0.2) is 0 Å². The van der Waals surface area contributed by atoms with Crippen LogP contribution in [0.2, 0.25) is 0 Å². The summed E-state index contributed by atoms with van der Waals surface area (Å²) in [7, 11) is 0. The fraction of sp³-hybridized carbons (Fsp3) is 0.438. The molecular weight excluding hydrogens is 206 g/mol. The molecule has 1 aromatic carbocycles. The highest BCUT2D eigenvalue weighted by molar-refractivity contribution is 5.47. The molecule has 1 aliphatic rings. The van der Waals surface area contributed by atoms with Crippen molar-refractivity contribution in [1.82, 2.24) is 4.90 Å². The van der Waals surface area contributed by atoms with Gasteiger partial charge in [0.25, 0.3) is 0 Å². The minimum Gasteiger partial charge on any atom is -0.296 e. The first-order valence-electron chi connectivity index (χ1n) is 6.61. The highest BCUT2D eigenvalue weighted by atomic mass is 15.2. The Morgan fingerprint density at radius 3 is 2.29 bits per heavy atom. The molecule has 2 rings (SSSR count). The molecule has 0 N–H and O–H groups in total. The lowest BCUT2D eigenvalue weighted by molar-refractivity contribution is 0.164. The number of likely N-dealkylation sites (tertiary alicyclic amines) is 1. The number of hydrogen-bond acceptors (Lipinski definition) is 1. The maximum atomic E-state index is 4.12. The summed E-state index contributed by atoms with van der Waals surface area (Å²) in [5.41, 5.74) is 2.59. The Balaban J connectivity index is 2.12. The van der Waals surface area contributed by atoms with Gasteiger partial charge in [-0.25, -0.2) is 0 Å². The fourth-order valence-electron chi connectivity index (χ4n) is 2.64. The molecule has 0 bridgehead atoms. The number of benzene rings is 1. The Hall–Kier alpha value is -1.08. The molecule has 1 heteroatoms. The minimum atomic E-state index is 0.495. The summed E-state index contributed by atoms with van der Waals surface area (Å²) in [5, 5.41) is 0. The monoisotopic (exact) mass is 228 g/mol. The Labute approximate surface area is 105 Å². The normalized spacial score (nSPS) is 18.9. The van der Waals surface area contributed by atoms with E-state index in [2.05, 4.69) is 42.7 Å². The minimum absolute atomic E-state index is 0.495. The van der Waals surface area contributed by atoms with E-state index >= 15 is 0 Å². The van der Waals surface area contributed by atoms with Crippen LogP contribution in [-0.2, 0) is 0 Å². The van der Waals surface area contributed by atoms with E-state index in [0.29, 0.717) is 6.04 Å². The molecule has 1 aliphatic heterocycles. The third-order valence-corrected chi connectivity index (χ3v) is 3.66. The topological polar surface area (TPSA) is 3.24 Å². The van der Waals surface area contributed by atoms with E-state index in [1.165, 1.54) is 43.5 Å². The van der Waals surface area contributed by atoms with Crippen molar-refractivity contribution in [2.75, 3.05) is 13.1 Å². The molecule has 1 fully saturated rings. The van der Waals surface area contributed by atoms with E-state index in [0.717, 1.165) is 6.42 Å². The maximum absolute atomic E-state index is 4.12. The molecule has 1 unspecified atom stereocenters. The van der Waals surface area contributed by atoms with Crippen LogP contribution >= 0.6 is 0 Å². The second-order valence-electron chi connectivity index (χ2n) is 4.77. The van der Waals surface area contributed by atoms with Crippen molar-refractivity contribution in [3.63, 3.8) is 0 Å². The van der Waals surface area contributed by atoms with Gasteiger partial charge in [-0.3, -0.25) is 4.90 Å². The van der Waals surface area contributed by atoms with Crippen LogP contribution in [0, 0.1) is 6.92 Å². The van der Waals surface area contributed by atoms with Crippen molar-refractivity contribution in [2.24, 2.45) is 0 Å². The molecule has 1 nitrogen and oxygen atoms in total. The predicted octanol–water partition coefficient (Wildman–Crippen LogP) is 4.08. The zero-order valence-electron chi connectivity index (χ0n) is 10.6. The summed E-state index contributed by atoms with van der Waals surface area (Å²) in [4.78, 5) is 2.58. The molecule has 0 amide bonds. The van der Waals surface area contributed by atoms with E-state index in [1.807, 2.05) is 6.08 Å². The molecule has 1 radical (unpaired) electrons. The second-order valence-corrected chi connectivity index (χ2v) is 4.77. The Kier molecular flexibility index (Phi) is 4.38. The molecule has 0 saturated carbocycles. The van der Waals surface area contributed by atoms with Gasteiger partial charge in [0.05, 0.1) is 0 Å². The van der Waals surface area contributed by atoms with E-state index in [9.17, 15) is 0 Å². The van der Waals surface area contributed by atoms with Gasteiger partial charge in [0.1, 0.15) is 0 Å². The Morgan fingerprint density at radius 2 is 1.76 bits per heavy atom. The average molecular weight is 228 g/mol. The standard InChI is InChI=1S/C16H22N/c1-3-14-8-10-15(11-9-14)16(4-2)17-12-6-5-7-13-17/h3,8-11,16H,1-2,4-7,12-13H2. The molecule has 0 spiro atoms. The number of hydrogen-bond donors (Lipinski definition) is 0. The molecule has 1 aromatic rings. The van der Waals surface area contributed by atoms with Gasteiger partial charge in [-0.15, -0.1) is 0 Å². The predicted molar refractivity (Wildman–Crippen MR) is 74.7 cm³/mol. The zero-order chi connectivity index (χ0) is 12.1. The zero-order valence-corrected chi connectivity index (χ0v) is 10.6. The van der Waals surface area contributed by atoms with Gasteiger partial charge >= 0.3 is 0 Å². The van der Waals surface area contributed by atoms with Gasteiger partial charge in [-0.1, -0.05) is 50.3 Å². The number of nitrogens with zero attached hydrogens (tertiary/aromatic N) is 1. The summed E-state index contributed by atoms with van der Waals surface area (Å²) in [6.45, 7) is 10.4. The molecule has 17 heavy (non-hydrogen) atoms. The molecule has 1 saturated heterocycles. The van der Waals surface area contributed by atoms with Crippen molar-refractivity contribution in [2.45, 2.75) is 31.7 Å². The van der Waals surface area contributed by atoms with Gasteiger partial charge in [0, 0.05) is 6.04 Å². The summed E-state index contributed by atoms with van der Waals surface area (Å²) >= 11 is 0. The highest BCUT2D eigenvalue weighted by Gasteiger charge is 2.20. The first-order valence-corrected chi connectivity index (χ1v) is 6.61. The van der Waals surface area contributed by atoms with Gasteiger partial charge in [-0.2, -0.15) is 0 Å². The Morgan fingerprint density at radius 1 is 1.12 bits per heavy atom. The summed E-state index contributed by atoms with van der Waals surface area (Å²) in [6, 6.07) is 9.24. The molecular formula is C16H22N. The van der Waals surface area contributed by atoms with Crippen LogP contribution in [0.5, 0.6) is 0 Å². The third kappa shape index (κ3) is 2.98. The van der Waals surface area contributed by atoms with Crippen LogP contribution in [0.25, 0.3) is 6.08 Å². The van der Waals surface area contributed by atoms with E-state index in [4.69, 9.17) is 0 Å². The first kappa shape index (κ1) is 12.4. The lowest BCUT2D eigenvalue weighted by Gasteiger charge is -2.34. The smallest absolute Gasteiger partial charge is 0.0348 e. The van der Waals surface area contributed by atoms with Crippen LogP contribution in [0.1, 0.15) is 42.9 Å². The summed E-state index contributed by atoms with van der Waals surface area (Å²) < 4.78 is 0. The highest BCUT2D eigenvalue weighted by Crippen LogP contribution is 2.27. The van der Waals surface area contributed by atoms with Crippen molar-refractivity contribution in [3.8, 4) is 0 Å². The summed E-state index contributed by atoms with van der Waals surface area (Å²) in [5.74, 6) is 0. The third-order valence-electron chi connectivity index (χ3n) is 3.66. The van der Waals surface area contributed by atoms with Crippen LogP contribution in [0.3, 0.4) is 0 Å². The molecule has 0 aromatic heterocycles. The largest absolute Gasteiger partial charge is 0.296 e. The number of piperidine rings is 1. The van der Waals surface area contributed by atoms with Gasteiger partial charge in [-0.05, 0) is 43.5 Å². The second kappa shape index (κ2) is 6.02. The quantitative estimate of drug-likeness (QED) is 0.750. The van der Waals surface area contributed by atoms with Crippen molar-refractivity contribution in [1.29, 1.82) is 0 Å². The van der Waals surface area contributed by atoms with E-state index in [1.54, 1.807) is 0 Å². The lowest BCUT2D eigenvalue weighted by Crippen LogP contribution is -2.33. The van der Waals surface area contributed by atoms with Crippen LogP contribution in [0.4, 0.5) is 0 Å². The van der Waals surface area contributed by atoms with Crippen molar-refractivity contribution < 1.29 is 0 Å². The van der Waals surface area contributed by atoms with Crippen molar-refractivity contribution in [3.05, 3.63) is 48.9 Å². The first-order chi connectivity index (χ1) is 8.35. The number of rotatable bonds is 4. The van der Waals surface area contributed by atoms with Crippen molar-refractivity contribution >= 4 is 6.08 Å². The Bertz CT molecular complexity index is 346. The summed E-state index contributed by atoms with van der Waals surface area (Å²) in [6.07, 6.45) is 6.90. The van der Waals surface area contributed by atoms with E-state index < -0.39 is 0 Å². The lowest BCUT2D eigenvalue weighted by atomic mass is 9.98. The SMILES string of the molecule is [CH2]CC(c1ccc(C=C)cc1)N1CCCCC1. The van der Waals surface area contributed by atoms with Crippen LogP contribution in [-0.4, -0.2) is 18.0 Å². The van der Waals surface area contributed by atoms with Crippen LogP contribution < -0.4 is 0 Å². The fourth-order valence-corrected chi connectivity index (χ4v) is 2.64.